The van der Waals surface area contributed by atoms with Crippen LogP contribution in [-0.2, 0) is 10.0 Å². The summed E-state index contributed by atoms with van der Waals surface area (Å²) in [5.41, 5.74) is 0. The van der Waals surface area contributed by atoms with E-state index in [2.05, 4.69) is 5.32 Å². The number of alkyl halides is 2. The summed E-state index contributed by atoms with van der Waals surface area (Å²) in [5.74, 6) is -0.126. The van der Waals surface area contributed by atoms with Gasteiger partial charge in [-0.05, 0) is 13.0 Å². The molecule has 92 valence electrons. The van der Waals surface area contributed by atoms with E-state index in [0.29, 0.717) is 19.0 Å². The van der Waals surface area contributed by atoms with Crippen LogP contribution >= 0.6 is 0 Å². The molecule has 0 amide bonds. The number of hydrogen-bond donors (Lipinski definition) is 2. The van der Waals surface area contributed by atoms with Gasteiger partial charge in [0.25, 0.3) is 6.43 Å². The molecule has 0 aromatic heterocycles. The monoisotopic (exact) mass is 244 g/mol. The summed E-state index contributed by atoms with van der Waals surface area (Å²) in [7, 11) is -3.54. The first-order valence-corrected chi connectivity index (χ1v) is 6.47. The highest BCUT2D eigenvalue weighted by molar-refractivity contribution is 7.89. The van der Waals surface area contributed by atoms with E-state index in [1.165, 1.54) is 0 Å². The summed E-state index contributed by atoms with van der Waals surface area (Å²) in [6, 6.07) is 0.293. The van der Waals surface area contributed by atoms with Crippen LogP contribution in [0.1, 0.15) is 20.3 Å². The van der Waals surface area contributed by atoms with E-state index in [9.17, 15) is 17.2 Å². The number of halogens is 2. The Morgan fingerprint density at radius 1 is 1.27 bits per heavy atom. The molecule has 0 aliphatic carbocycles. The average Bonchev–Trinajstić information content (AvgIpc) is 2.09. The highest BCUT2D eigenvalue weighted by Crippen LogP contribution is 1.93. The molecule has 0 aliphatic rings. The van der Waals surface area contributed by atoms with Gasteiger partial charge in [0.05, 0.1) is 12.3 Å². The van der Waals surface area contributed by atoms with Crippen LogP contribution < -0.4 is 10.0 Å². The lowest BCUT2D eigenvalue weighted by Crippen LogP contribution is -2.32. The van der Waals surface area contributed by atoms with Gasteiger partial charge >= 0.3 is 0 Å². The van der Waals surface area contributed by atoms with E-state index < -0.39 is 23.0 Å². The Bertz CT molecular complexity index is 255. The molecule has 7 heteroatoms. The second-order valence-corrected chi connectivity index (χ2v) is 5.45. The summed E-state index contributed by atoms with van der Waals surface area (Å²) < 4.78 is 47.5. The molecule has 0 unspecified atom stereocenters. The Morgan fingerprint density at radius 2 is 1.87 bits per heavy atom. The van der Waals surface area contributed by atoms with Crippen molar-refractivity contribution in [2.45, 2.75) is 32.7 Å². The van der Waals surface area contributed by atoms with Gasteiger partial charge in [0, 0.05) is 6.04 Å². The van der Waals surface area contributed by atoms with Crippen LogP contribution in [0.2, 0.25) is 0 Å². The molecular weight excluding hydrogens is 226 g/mol. The second-order valence-electron chi connectivity index (χ2n) is 3.52. The van der Waals surface area contributed by atoms with Crippen molar-refractivity contribution in [3.63, 3.8) is 0 Å². The predicted octanol–water partition coefficient (Wildman–Crippen LogP) is 0.559. The molecule has 0 fully saturated rings. The minimum absolute atomic E-state index is 0.126. The fourth-order valence-corrected chi connectivity index (χ4v) is 1.96. The van der Waals surface area contributed by atoms with Crippen LogP contribution in [0.25, 0.3) is 0 Å². The number of nitrogens with one attached hydrogen (secondary N) is 2. The quantitative estimate of drug-likeness (QED) is 0.613. The van der Waals surface area contributed by atoms with Crippen molar-refractivity contribution in [1.82, 2.24) is 10.0 Å². The second kappa shape index (κ2) is 7.08. The largest absolute Gasteiger partial charge is 0.314 e. The molecule has 0 bridgehead atoms. The SMILES string of the molecule is CC(C)NCCCS(=O)(=O)NCC(F)F. The standard InChI is InChI=1S/C8H18F2N2O2S/c1-7(2)11-4-3-5-15(13,14)12-6-8(9)10/h7-8,11-12H,3-6H2,1-2H3. The summed E-state index contributed by atoms with van der Waals surface area (Å²) in [4.78, 5) is 0. The Morgan fingerprint density at radius 3 is 2.33 bits per heavy atom. The van der Waals surface area contributed by atoms with Crippen molar-refractivity contribution < 1.29 is 17.2 Å². The van der Waals surface area contributed by atoms with E-state index in [1.807, 2.05) is 18.6 Å². The van der Waals surface area contributed by atoms with E-state index in [0.717, 1.165) is 0 Å². The van der Waals surface area contributed by atoms with Crippen LogP contribution in [0.5, 0.6) is 0 Å². The van der Waals surface area contributed by atoms with E-state index >= 15 is 0 Å². The molecule has 0 radical (unpaired) electrons. The van der Waals surface area contributed by atoms with Gasteiger partial charge < -0.3 is 5.32 Å². The van der Waals surface area contributed by atoms with E-state index in [1.54, 1.807) is 0 Å². The molecule has 0 aromatic rings. The molecule has 2 N–H and O–H groups in total. The first kappa shape index (κ1) is 14.7. The van der Waals surface area contributed by atoms with Gasteiger partial charge in [0.1, 0.15) is 0 Å². The van der Waals surface area contributed by atoms with Crippen LogP contribution in [-0.4, -0.2) is 39.7 Å². The van der Waals surface area contributed by atoms with Crippen molar-refractivity contribution in [3.8, 4) is 0 Å². The highest BCUT2D eigenvalue weighted by Gasteiger charge is 2.12. The summed E-state index contributed by atoms with van der Waals surface area (Å²) in [5, 5.41) is 3.04. The molecular formula is C8H18F2N2O2S. The van der Waals surface area contributed by atoms with Crippen molar-refractivity contribution in [3.05, 3.63) is 0 Å². The molecule has 0 aromatic carbocycles. The maximum Gasteiger partial charge on any atom is 0.251 e. The first-order valence-electron chi connectivity index (χ1n) is 4.82. The van der Waals surface area contributed by atoms with Crippen molar-refractivity contribution >= 4 is 10.0 Å². The minimum atomic E-state index is -3.54. The lowest BCUT2D eigenvalue weighted by atomic mass is 10.4. The van der Waals surface area contributed by atoms with Gasteiger partial charge in [-0.3, -0.25) is 0 Å². The van der Waals surface area contributed by atoms with Gasteiger partial charge in [0.15, 0.2) is 0 Å². The van der Waals surface area contributed by atoms with Crippen molar-refractivity contribution in [1.29, 1.82) is 0 Å². The summed E-state index contributed by atoms with van der Waals surface area (Å²) >= 11 is 0. The first-order chi connectivity index (χ1) is 6.83. The molecule has 0 saturated carbocycles. The van der Waals surface area contributed by atoms with Gasteiger partial charge in [-0.25, -0.2) is 21.9 Å². The van der Waals surface area contributed by atoms with Crippen molar-refractivity contribution in [2.24, 2.45) is 0 Å². The van der Waals surface area contributed by atoms with Crippen LogP contribution in [0.3, 0.4) is 0 Å². The van der Waals surface area contributed by atoms with Crippen molar-refractivity contribution in [2.75, 3.05) is 18.8 Å². The maximum atomic E-state index is 11.7. The Balaban J connectivity index is 3.66. The predicted molar refractivity (Wildman–Crippen MR) is 55.5 cm³/mol. The zero-order chi connectivity index (χ0) is 11.9. The molecule has 0 spiro atoms. The number of sulfonamides is 1. The lowest BCUT2D eigenvalue weighted by molar-refractivity contribution is 0.153. The van der Waals surface area contributed by atoms with Gasteiger partial charge in [-0.1, -0.05) is 13.8 Å². The van der Waals surface area contributed by atoms with Crippen LogP contribution in [0, 0.1) is 0 Å². The number of rotatable bonds is 8. The van der Waals surface area contributed by atoms with Crippen LogP contribution in [0.15, 0.2) is 0 Å². The molecule has 0 saturated heterocycles. The van der Waals surface area contributed by atoms with Gasteiger partial charge in [-0.2, -0.15) is 0 Å². The third kappa shape index (κ3) is 10.0. The average molecular weight is 244 g/mol. The molecule has 15 heavy (non-hydrogen) atoms. The fraction of sp³-hybridized carbons (Fsp3) is 1.00. The fourth-order valence-electron chi connectivity index (χ4n) is 0.915. The number of hydrogen-bond acceptors (Lipinski definition) is 3. The van der Waals surface area contributed by atoms with Crippen LogP contribution in [0.4, 0.5) is 8.78 Å². The Kier molecular flexibility index (Phi) is 6.95. The lowest BCUT2D eigenvalue weighted by Gasteiger charge is -2.08. The van der Waals surface area contributed by atoms with E-state index in [-0.39, 0.29) is 5.75 Å². The smallest absolute Gasteiger partial charge is 0.251 e. The minimum Gasteiger partial charge on any atom is -0.314 e. The van der Waals surface area contributed by atoms with E-state index in [4.69, 9.17) is 0 Å². The Hall–Kier alpha value is -0.270. The zero-order valence-electron chi connectivity index (χ0n) is 8.96. The molecule has 0 rings (SSSR count). The van der Waals surface area contributed by atoms with Gasteiger partial charge in [0.2, 0.25) is 10.0 Å². The molecule has 4 nitrogen and oxygen atoms in total. The summed E-state index contributed by atoms with van der Waals surface area (Å²) in [6.07, 6.45) is -2.23. The molecule has 0 aliphatic heterocycles. The topological polar surface area (TPSA) is 58.2 Å². The highest BCUT2D eigenvalue weighted by atomic mass is 32.2. The third-order valence-electron chi connectivity index (χ3n) is 1.60. The summed E-state index contributed by atoms with van der Waals surface area (Å²) in [6.45, 7) is 3.65. The third-order valence-corrected chi connectivity index (χ3v) is 3.03. The zero-order valence-corrected chi connectivity index (χ0v) is 9.78. The normalized spacial score (nSPS) is 12.7. The molecule has 0 atom stereocenters. The Labute approximate surface area is 89.5 Å². The maximum absolute atomic E-state index is 11.7. The molecule has 0 heterocycles. The van der Waals surface area contributed by atoms with Gasteiger partial charge in [-0.15, -0.1) is 0 Å².